The summed E-state index contributed by atoms with van der Waals surface area (Å²) in [6, 6.07) is 5.91. The fraction of sp³-hybridized carbons (Fsp3) is 0.0667. The number of nitrogens with zero attached hydrogens (tertiary/aromatic N) is 1. The van der Waals surface area contributed by atoms with Crippen LogP contribution in [0.25, 0.3) is 0 Å². The van der Waals surface area contributed by atoms with Crippen LogP contribution in [0, 0.1) is 29.1 Å². The number of anilines is 1. The average molecular weight is 360 g/mol. The van der Waals surface area contributed by atoms with Gasteiger partial charge in [0.15, 0.2) is 29.9 Å². The van der Waals surface area contributed by atoms with Gasteiger partial charge in [0.05, 0.1) is 6.21 Å². The van der Waals surface area contributed by atoms with Crippen LogP contribution in [0.15, 0.2) is 29.4 Å². The van der Waals surface area contributed by atoms with Gasteiger partial charge in [0.1, 0.15) is 11.4 Å². The molecule has 10 heteroatoms. The second-order valence-electron chi connectivity index (χ2n) is 4.54. The molecule has 132 valence electrons. The van der Waals surface area contributed by atoms with Crippen LogP contribution < -0.4 is 10.2 Å². The van der Waals surface area contributed by atoms with Gasteiger partial charge in [-0.2, -0.15) is 5.10 Å². The zero-order valence-corrected chi connectivity index (χ0v) is 12.2. The molecule has 5 nitrogen and oxygen atoms in total. The lowest BCUT2D eigenvalue weighted by molar-refractivity contribution is -0.139. The van der Waals surface area contributed by atoms with E-state index in [2.05, 4.69) is 5.10 Å². The fourth-order valence-electron chi connectivity index (χ4n) is 1.73. The Morgan fingerprint density at radius 3 is 2.20 bits per heavy atom. The molecule has 2 aromatic carbocycles. The third-order valence-corrected chi connectivity index (χ3v) is 2.86. The van der Waals surface area contributed by atoms with Crippen molar-refractivity contribution in [3.8, 4) is 5.75 Å². The van der Waals surface area contributed by atoms with E-state index in [9.17, 15) is 26.7 Å². The number of hydrogen-bond acceptors (Lipinski definition) is 4. The minimum absolute atomic E-state index is 0.0906. The highest BCUT2D eigenvalue weighted by atomic mass is 19.2. The summed E-state index contributed by atoms with van der Waals surface area (Å²) in [5.74, 6) is -11.8. The van der Waals surface area contributed by atoms with Crippen molar-refractivity contribution in [1.29, 1.82) is 0 Å². The number of para-hydroxylation sites is 1. The van der Waals surface area contributed by atoms with Crippen molar-refractivity contribution < 1.29 is 36.6 Å². The van der Waals surface area contributed by atoms with Crippen LogP contribution in [-0.4, -0.2) is 23.9 Å². The van der Waals surface area contributed by atoms with Gasteiger partial charge in [-0.25, -0.2) is 26.7 Å². The highest BCUT2D eigenvalue weighted by Gasteiger charge is 2.25. The second-order valence-corrected chi connectivity index (χ2v) is 4.54. The number of aliphatic carboxylic acids is 1. The number of hydrogen-bond donors (Lipinski definition) is 2. The quantitative estimate of drug-likeness (QED) is 0.273. The smallest absolute Gasteiger partial charge is 0.341 e. The predicted octanol–water partition coefficient (Wildman–Crippen LogP) is 3.29. The lowest BCUT2D eigenvalue weighted by atomic mass is 10.2. The van der Waals surface area contributed by atoms with Crippen LogP contribution in [0.4, 0.5) is 27.6 Å². The lowest BCUT2D eigenvalue weighted by Gasteiger charge is -2.08. The summed E-state index contributed by atoms with van der Waals surface area (Å²) in [6.45, 7) is -0.643. The summed E-state index contributed by atoms with van der Waals surface area (Å²) >= 11 is 0. The monoisotopic (exact) mass is 360 g/mol. The van der Waals surface area contributed by atoms with Gasteiger partial charge in [-0.15, -0.1) is 0 Å². The van der Waals surface area contributed by atoms with E-state index in [0.717, 1.165) is 6.21 Å². The number of nitrogens with one attached hydrogen (secondary N) is 1. The first-order valence-electron chi connectivity index (χ1n) is 6.57. The van der Waals surface area contributed by atoms with Crippen molar-refractivity contribution in [2.75, 3.05) is 12.0 Å². The third kappa shape index (κ3) is 4.03. The molecule has 25 heavy (non-hydrogen) atoms. The largest absolute Gasteiger partial charge is 0.481 e. The molecule has 0 unspecified atom stereocenters. The molecule has 0 amide bonds. The highest BCUT2D eigenvalue weighted by molar-refractivity contribution is 5.84. The first kappa shape index (κ1) is 18.2. The van der Waals surface area contributed by atoms with Gasteiger partial charge in [0.2, 0.25) is 5.82 Å². The maximum atomic E-state index is 13.5. The molecule has 0 radical (unpaired) electrons. The Kier molecular flexibility index (Phi) is 5.52. The van der Waals surface area contributed by atoms with Crippen LogP contribution in [0.5, 0.6) is 5.75 Å². The number of hydrazone groups is 1. The summed E-state index contributed by atoms with van der Waals surface area (Å²) in [5.41, 5.74) is 0.617. The molecule has 0 fully saturated rings. The first-order valence-corrected chi connectivity index (χ1v) is 6.57. The summed E-state index contributed by atoms with van der Waals surface area (Å²) in [4.78, 5) is 10.5. The zero-order valence-electron chi connectivity index (χ0n) is 12.2. The van der Waals surface area contributed by atoms with E-state index in [-0.39, 0.29) is 11.3 Å². The summed E-state index contributed by atoms with van der Waals surface area (Å²) < 4.78 is 71.0. The summed E-state index contributed by atoms with van der Waals surface area (Å²) in [7, 11) is 0. The van der Waals surface area contributed by atoms with E-state index in [1.807, 2.05) is 0 Å². The first-order chi connectivity index (χ1) is 11.8. The van der Waals surface area contributed by atoms with E-state index in [1.165, 1.54) is 24.3 Å². The van der Waals surface area contributed by atoms with Crippen molar-refractivity contribution in [2.45, 2.75) is 0 Å². The maximum Gasteiger partial charge on any atom is 0.341 e. The Bertz CT molecular complexity index is 813. The Hall–Kier alpha value is -3.17. The molecule has 2 rings (SSSR count). The van der Waals surface area contributed by atoms with Gasteiger partial charge in [-0.05, 0) is 12.1 Å². The molecule has 0 aliphatic carbocycles. The maximum absolute atomic E-state index is 13.5. The average Bonchev–Trinajstić information content (AvgIpc) is 2.60. The molecule has 0 heterocycles. The molecule has 0 spiro atoms. The second kappa shape index (κ2) is 7.60. The predicted molar refractivity (Wildman–Crippen MR) is 77.0 cm³/mol. The molecule has 0 aliphatic heterocycles. The molecule has 0 saturated heterocycles. The van der Waals surface area contributed by atoms with Crippen molar-refractivity contribution >= 4 is 17.9 Å². The molecule has 0 atom stereocenters. The number of carbonyl (C=O) groups is 1. The van der Waals surface area contributed by atoms with Crippen molar-refractivity contribution in [1.82, 2.24) is 0 Å². The standard InChI is InChI=1S/C15H9F5N2O3/c16-10-11(17)13(19)15(14(20)12(10)18)22-21-5-7-3-1-2-4-8(7)25-6-9(23)24/h1-5,22H,6H2,(H,23,24)/b21-5-. The van der Waals surface area contributed by atoms with E-state index < -0.39 is 47.3 Å². The molecule has 2 aromatic rings. The van der Waals surface area contributed by atoms with Crippen LogP contribution >= 0.6 is 0 Å². The van der Waals surface area contributed by atoms with Gasteiger partial charge in [-0.1, -0.05) is 12.1 Å². The van der Waals surface area contributed by atoms with Gasteiger partial charge in [0.25, 0.3) is 0 Å². The van der Waals surface area contributed by atoms with Crippen molar-refractivity contribution in [3.05, 3.63) is 58.9 Å². The molecule has 0 saturated carbocycles. The van der Waals surface area contributed by atoms with E-state index in [1.54, 1.807) is 5.43 Å². The molecular weight excluding hydrogens is 351 g/mol. The van der Waals surface area contributed by atoms with Gasteiger partial charge in [0, 0.05) is 5.56 Å². The minimum Gasteiger partial charge on any atom is -0.481 e. The Labute approximate surface area is 137 Å². The van der Waals surface area contributed by atoms with Crippen LogP contribution in [0.2, 0.25) is 0 Å². The number of benzene rings is 2. The Morgan fingerprint density at radius 2 is 1.60 bits per heavy atom. The van der Waals surface area contributed by atoms with Gasteiger partial charge < -0.3 is 9.84 Å². The molecule has 0 aliphatic rings. The topological polar surface area (TPSA) is 70.9 Å². The lowest BCUT2D eigenvalue weighted by Crippen LogP contribution is -2.10. The normalized spacial score (nSPS) is 10.9. The highest BCUT2D eigenvalue weighted by Crippen LogP contribution is 2.27. The molecular formula is C15H9F5N2O3. The minimum atomic E-state index is -2.28. The number of carboxylic acids is 1. The Morgan fingerprint density at radius 1 is 1.04 bits per heavy atom. The Balaban J connectivity index is 2.24. The zero-order chi connectivity index (χ0) is 18.6. The molecule has 2 N–H and O–H groups in total. The third-order valence-electron chi connectivity index (χ3n) is 2.86. The van der Waals surface area contributed by atoms with Crippen molar-refractivity contribution in [2.24, 2.45) is 5.10 Å². The fourth-order valence-corrected chi connectivity index (χ4v) is 1.73. The number of rotatable bonds is 6. The SMILES string of the molecule is O=C(O)COc1ccccc1/C=N\Nc1c(F)c(F)c(F)c(F)c1F. The van der Waals surface area contributed by atoms with E-state index in [4.69, 9.17) is 9.84 Å². The van der Waals surface area contributed by atoms with Crippen LogP contribution in [0.1, 0.15) is 5.56 Å². The molecule has 0 aromatic heterocycles. The number of carboxylic acid groups (broad SMARTS) is 1. The van der Waals surface area contributed by atoms with E-state index in [0.29, 0.717) is 0 Å². The molecule has 0 bridgehead atoms. The van der Waals surface area contributed by atoms with Crippen molar-refractivity contribution in [3.63, 3.8) is 0 Å². The van der Waals surface area contributed by atoms with Gasteiger partial charge in [-0.3, -0.25) is 5.43 Å². The summed E-state index contributed by atoms with van der Waals surface area (Å²) in [5, 5.41) is 12.0. The van der Waals surface area contributed by atoms with Gasteiger partial charge >= 0.3 is 5.97 Å². The number of halogens is 5. The number of ether oxygens (including phenoxy) is 1. The van der Waals surface area contributed by atoms with E-state index >= 15 is 0 Å². The van der Waals surface area contributed by atoms with Crippen LogP contribution in [-0.2, 0) is 4.79 Å². The van der Waals surface area contributed by atoms with Crippen LogP contribution in [0.3, 0.4) is 0 Å². The summed E-state index contributed by atoms with van der Waals surface area (Å²) in [6.07, 6.45) is 0.967.